The molecule has 0 aliphatic heterocycles. The summed E-state index contributed by atoms with van der Waals surface area (Å²) in [6, 6.07) is 14.5. The number of rotatable bonds is 5. The minimum absolute atomic E-state index is 0.0163. The fourth-order valence-electron chi connectivity index (χ4n) is 3.09. The third-order valence-corrected chi connectivity index (χ3v) is 4.36. The summed E-state index contributed by atoms with van der Waals surface area (Å²) in [6.45, 7) is 1.99. The molecule has 3 nitrogen and oxygen atoms in total. The van der Waals surface area contributed by atoms with Crippen LogP contribution in [0.3, 0.4) is 0 Å². The summed E-state index contributed by atoms with van der Waals surface area (Å²) in [6.07, 6.45) is 4.88. The standard InChI is InChI=1S/C19H23NO2/c1-2-18(19(21)20-16-9-5-6-10-16)22-17-12-11-14-7-3-4-8-15(14)13-17/h3-4,7-8,11-13,16,18H,2,5-6,9-10H2,1H3,(H,20,21). The highest BCUT2D eigenvalue weighted by atomic mass is 16.5. The van der Waals surface area contributed by atoms with Crippen LogP contribution in [-0.2, 0) is 4.79 Å². The Bertz CT molecular complexity index is 647. The Kier molecular flexibility index (Phi) is 4.62. The van der Waals surface area contributed by atoms with Gasteiger partial charge in [-0.3, -0.25) is 4.79 Å². The van der Waals surface area contributed by atoms with Crippen LogP contribution in [0.15, 0.2) is 42.5 Å². The van der Waals surface area contributed by atoms with Crippen LogP contribution in [0.1, 0.15) is 39.0 Å². The quantitative estimate of drug-likeness (QED) is 0.904. The van der Waals surface area contributed by atoms with Crippen molar-refractivity contribution in [1.29, 1.82) is 0 Å². The van der Waals surface area contributed by atoms with E-state index in [0.717, 1.165) is 24.0 Å². The molecule has 1 fully saturated rings. The average Bonchev–Trinajstić information content (AvgIpc) is 3.05. The van der Waals surface area contributed by atoms with Crippen molar-refractivity contribution in [2.24, 2.45) is 0 Å². The number of nitrogens with one attached hydrogen (secondary N) is 1. The first kappa shape index (κ1) is 14.9. The van der Waals surface area contributed by atoms with Crippen molar-refractivity contribution in [3.63, 3.8) is 0 Å². The first-order valence-corrected chi connectivity index (χ1v) is 8.22. The predicted molar refractivity (Wildman–Crippen MR) is 89.1 cm³/mol. The zero-order valence-corrected chi connectivity index (χ0v) is 13.0. The minimum Gasteiger partial charge on any atom is -0.481 e. The van der Waals surface area contributed by atoms with Gasteiger partial charge in [0.25, 0.3) is 5.91 Å². The zero-order valence-electron chi connectivity index (χ0n) is 13.0. The fourth-order valence-corrected chi connectivity index (χ4v) is 3.09. The van der Waals surface area contributed by atoms with Gasteiger partial charge in [-0.1, -0.05) is 50.1 Å². The van der Waals surface area contributed by atoms with Crippen molar-refractivity contribution in [1.82, 2.24) is 5.32 Å². The van der Waals surface area contributed by atoms with Gasteiger partial charge in [0, 0.05) is 6.04 Å². The van der Waals surface area contributed by atoms with Crippen molar-refractivity contribution >= 4 is 16.7 Å². The Morgan fingerprint density at radius 2 is 1.91 bits per heavy atom. The number of fused-ring (bicyclic) bond motifs is 1. The van der Waals surface area contributed by atoms with Crippen LogP contribution >= 0.6 is 0 Å². The smallest absolute Gasteiger partial charge is 0.261 e. The molecule has 1 atom stereocenters. The third-order valence-electron chi connectivity index (χ3n) is 4.36. The number of carbonyl (C=O) groups is 1. The largest absolute Gasteiger partial charge is 0.481 e. The molecule has 22 heavy (non-hydrogen) atoms. The monoisotopic (exact) mass is 297 g/mol. The lowest BCUT2D eigenvalue weighted by atomic mass is 10.1. The van der Waals surface area contributed by atoms with Crippen LogP contribution in [0, 0.1) is 0 Å². The molecule has 1 saturated carbocycles. The normalized spacial score (nSPS) is 16.6. The molecule has 0 bridgehead atoms. The van der Waals surface area contributed by atoms with Gasteiger partial charge in [-0.2, -0.15) is 0 Å². The van der Waals surface area contributed by atoms with Gasteiger partial charge in [0.05, 0.1) is 0 Å². The summed E-state index contributed by atoms with van der Waals surface area (Å²) >= 11 is 0. The maximum atomic E-state index is 12.4. The molecule has 1 N–H and O–H groups in total. The molecule has 1 aliphatic rings. The van der Waals surface area contributed by atoms with E-state index < -0.39 is 6.10 Å². The minimum atomic E-state index is -0.415. The molecule has 2 aromatic rings. The van der Waals surface area contributed by atoms with E-state index in [2.05, 4.69) is 17.4 Å². The number of benzene rings is 2. The Labute approximate surface area is 131 Å². The summed E-state index contributed by atoms with van der Waals surface area (Å²) in [4.78, 5) is 12.4. The second-order valence-corrected chi connectivity index (χ2v) is 6.01. The van der Waals surface area contributed by atoms with Gasteiger partial charge < -0.3 is 10.1 Å². The van der Waals surface area contributed by atoms with Crippen molar-refractivity contribution in [3.8, 4) is 5.75 Å². The highest BCUT2D eigenvalue weighted by Gasteiger charge is 2.23. The number of amides is 1. The first-order chi connectivity index (χ1) is 10.8. The van der Waals surface area contributed by atoms with E-state index in [9.17, 15) is 4.79 Å². The number of hydrogen-bond donors (Lipinski definition) is 1. The van der Waals surface area contributed by atoms with E-state index in [0.29, 0.717) is 12.5 Å². The highest BCUT2D eigenvalue weighted by Crippen LogP contribution is 2.22. The van der Waals surface area contributed by atoms with Crippen LogP contribution in [0.5, 0.6) is 5.75 Å². The summed E-state index contributed by atoms with van der Waals surface area (Å²) in [5.41, 5.74) is 0. The van der Waals surface area contributed by atoms with E-state index in [1.807, 2.05) is 37.3 Å². The highest BCUT2D eigenvalue weighted by molar-refractivity contribution is 5.84. The van der Waals surface area contributed by atoms with Crippen LogP contribution in [0.25, 0.3) is 10.8 Å². The SMILES string of the molecule is CCC(Oc1ccc2ccccc2c1)C(=O)NC1CCCC1. The topological polar surface area (TPSA) is 38.3 Å². The van der Waals surface area contributed by atoms with Gasteiger partial charge in [-0.15, -0.1) is 0 Å². The van der Waals surface area contributed by atoms with E-state index in [4.69, 9.17) is 4.74 Å². The molecule has 0 aromatic heterocycles. The van der Waals surface area contributed by atoms with Crippen LogP contribution in [-0.4, -0.2) is 18.1 Å². The maximum Gasteiger partial charge on any atom is 0.261 e. The molecule has 0 heterocycles. The molecule has 3 rings (SSSR count). The van der Waals surface area contributed by atoms with Gasteiger partial charge in [0.2, 0.25) is 0 Å². The lowest BCUT2D eigenvalue weighted by molar-refractivity contribution is -0.128. The van der Waals surface area contributed by atoms with E-state index in [-0.39, 0.29) is 5.91 Å². The zero-order chi connectivity index (χ0) is 15.4. The summed E-state index contributed by atoms with van der Waals surface area (Å²) in [5.74, 6) is 0.773. The molecule has 0 spiro atoms. The lowest BCUT2D eigenvalue weighted by Gasteiger charge is -2.20. The summed E-state index contributed by atoms with van der Waals surface area (Å²) in [7, 11) is 0. The van der Waals surface area contributed by atoms with Gasteiger partial charge >= 0.3 is 0 Å². The molecule has 2 aromatic carbocycles. The second kappa shape index (κ2) is 6.82. The molecule has 0 radical (unpaired) electrons. The van der Waals surface area contributed by atoms with Crippen molar-refractivity contribution in [3.05, 3.63) is 42.5 Å². The van der Waals surface area contributed by atoms with Gasteiger partial charge in [-0.05, 0) is 42.2 Å². The predicted octanol–water partition coefficient (Wildman–Crippen LogP) is 4.06. The molecule has 1 aliphatic carbocycles. The Hall–Kier alpha value is -2.03. The van der Waals surface area contributed by atoms with E-state index in [1.165, 1.54) is 18.2 Å². The first-order valence-electron chi connectivity index (χ1n) is 8.22. The summed E-state index contributed by atoms with van der Waals surface area (Å²) < 4.78 is 5.93. The fraction of sp³-hybridized carbons (Fsp3) is 0.421. The molecule has 1 unspecified atom stereocenters. The Balaban J connectivity index is 1.68. The van der Waals surface area contributed by atoms with Crippen molar-refractivity contribution < 1.29 is 9.53 Å². The third kappa shape index (κ3) is 3.41. The van der Waals surface area contributed by atoms with Crippen molar-refractivity contribution in [2.45, 2.75) is 51.2 Å². The molecule has 0 saturated heterocycles. The Morgan fingerprint density at radius 3 is 2.64 bits per heavy atom. The van der Waals surface area contributed by atoms with Crippen LogP contribution in [0.2, 0.25) is 0 Å². The summed E-state index contributed by atoms with van der Waals surface area (Å²) in [5, 5.41) is 5.43. The second-order valence-electron chi connectivity index (χ2n) is 6.01. The van der Waals surface area contributed by atoms with E-state index in [1.54, 1.807) is 0 Å². The maximum absolute atomic E-state index is 12.4. The van der Waals surface area contributed by atoms with Gasteiger partial charge in [-0.25, -0.2) is 0 Å². The van der Waals surface area contributed by atoms with Crippen LogP contribution < -0.4 is 10.1 Å². The van der Waals surface area contributed by atoms with E-state index >= 15 is 0 Å². The molecule has 116 valence electrons. The van der Waals surface area contributed by atoms with Crippen molar-refractivity contribution in [2.75, 3.05) is 0 Å². The molecule has 1 amide bonds. The van der Waals surface area contributed by atoms with Crippen LogP contribution in [0.4, 0.5) is 0 Å². The average molecular weight is 297 g/mol. The number of hydrogen-bond acceptors (Lipinski definition) is 2. The van der Waals surface area contributed by atoms with Gasteiger partial charge in [0.1, 0.15) is 5.75 Å². The Morgan fingerprint density at radius 1 is 1.18 bits per heavy atom. The number of ether oxygens (including phenoxy) is 1. The number of carbonyl (C=O) groups excluding carboxylic acids is 1. The molecular weight excluding hydrogens is 274 g/mol. The molecule has 3 heteroatoms. The van der Waals surface area contributed by atoms with Gasteiger partial charge in [0.15, 0.2) is 6.10 Å². The lowest BCUT2D eigenvalue weighted by Crippen LogP contribution is -2.42. The molecular formula is C19H23NO2.